The summed E-state index contributed by atoms with van der Waals surface area (Å²) in [4.78, 5) is 4.99. The van der Waals surface area contributed by atoms with E-state index in [1.54, 1.807) is 0 Å². The van der Waals surface area contributed by atoms with Crippen LogP contribution in [0.25, 0.3) is 75.2 Å². The number of hydrogen-bond acceptors (Lipinski definition) is 2. The maximum atomic E-state index is 4.99. The lowest BCUT2D eigenvalue weighted by Gasteiger charge is -2.17. The molecule has 0 saturated carbocycles. The number of nitrogens with zero attached hydrogens (tertiary/aromatic N) is 1. The Hall–Kier alpha value is -4.79. The van der Waals surface area contributed by atoms with Gasteiger partial charge in [0.15, 0.2) is 0 Å². The van der Waals surface area contributed by atoms with E-state index < -0.39 is 0 Å². The van der Waals surface area contributed by atoms with Gasteiger partial charge in [0.25, 0.3) is 0 Å². The average Bonchev–Trinajstić information content (AvgIpc) is 3.38. The fourth-order valence-corrected chi connectivity index (χ4v) is 7.04. The number of hydrogen-bond donors (Lipinski definition) is 0. The predicted octanol–water partition coefficient (Wildman–Crippen LogP) is 10.8. The lowest BCUT2D eigenvalue weighted by atomic mass is 9.86. The minimum atomic E-state index is 0.991. The Kier molecular flexibility index (Phi) is 5.07. The molecule has 0 radical (unpaired) electrons. The first-order valence-electron chi connectivity index (χ1n) is 13.2. The molecule has 2 heteroatoms. The molecule has 0 aliphatic rings. The standard InChI is InChI=1S/C37H23NS/c1-2-10-24(11-3-1)36-28-13-4-6-15-30(28)37(31-16-7-5-14-29(31)36)26-18-20-33(38-23-26)25-19-21-35-32(22-25)27-12-8-9-17-34(27)39-35/h1-23H. The molecule has 6 aromatic carbocycles. The molecule has 1 nitrogen and oxygen atoms in total. The Bertz CT molecular complexity index is 2100. The van der Waals surface area contributed by atoms with Gasteiger partial charge < -0.3 is 0 Å². The summed E-state index contributed by atoms with van der Waals surface area (Å²) < 4.78 is 2.64. The summed E-state index contributed by atoms with van der Waals surface area (Å²) in [6.45, 7) is 0. The zero-order chi connectivity index (χ0) is 25.8. The Morgan fingerprint density at radius 2 is 0.923 bits per heavy atom. The van der Waals surface area contributed by atoms with Crippen LogP contribution in [0.3, 0.4) is 0 Å². The molecule has 0 aliphatic heterocycles. The topological polar surface area (TPSA) is 12.9 Å². The van der Waals surface area contributed by atoms with Crippen molar-refractivity contribution in [1.29, 1.82) is 0 Å². The van der Waals surface area contributed by atoms with Gasteiger partial charge in [0.05, 0.1) is 5.69 Å². The smallest absolute Gasteiger partial charge is 0.0702 e. The highest BCUT2D eigenvalue weighted by molar-refractivity contribution is 7.25. The van der Waals surface area contributed by atoms with Gasteiger partial charge in [-0.3, -0.25) is 4.98 Å². The first kappa shape index (κ1) is 22.2. The molecule has 8 aromatic rings. The maximum absolute atomic E-state index is 4.99. The lowest BCUT2D eigenvalue weighted by Crippen LogP contribution is -1.91. The predicted molar refractivity (Wildman–Crippen MR) is 168 cm³/mol. The highest BCUT2D eigenvalue weighted by Crippen LogP contribution is 2.43. The van der Waals surface area contributed by atoms with E-state index in [1.807, 2.05) is 17.5 Å². The van der Waals surface area contributed by atoms with E-state index in [1.165, 1.54) is 58.4 Å². The van der Waals surface area contributed by atoms with Crippen molar-refractivity contribution in [3.8, 4) is 33.5 Å². The van der Waals surface area contributed by atoms with E-state index >= 15 is 0 Å². The van der Waals surface area contributed by atoms with Crippen molar-refractivity contribution in [3.63, 3.8) is 0 Å². The van der Waals surface area contributed by atoms with Crippen molar-refractivity contribution in [2.75, 3.05) is 0 Å². The van der Waals surface area contributed by atoms with Crippen molar-refractivity contribution in [3.05, 3.63) is 140 Å². The fraction of sp³-hybridized carbons (Fsp3) is 0. The monoisotopic (exact) mass is 513 g/mol. The molecule has 182 valence electrons. The van der Waals surface area contributed by atoms with Gasteiger partial charge in [-0.05, 0) is 62.5 Å². The number of fused-ring (bicyclic) bond motifs is 5. The molecule has 0 saturated heterocycles. The van der Waals surface area contributed by atoms with E-state index in [-0.39, 0.29) is 0 Å². The van der Waals surface area contributed by atoms with Gasteiger partial charge in [0, 0.05) is 37.5 Å². The summed E-state index contributed by atoms with van der Waals surface area (Å²) in [5.41, 5.74) is 7.02. The first-order valence-corrected chi connectivity index (χ1v) is 14.0. The summed E-state index contributed by atoms with van der Waals surface area (Å²) in [7, 11) is 0. The van der Waals surface area contributed by atoms with Crippen LogP contribution < -0.4 is 0 Å². The van der Waals surface area contributed by atoms with Crippen LogP contribution in [0.5, 0.6) is 0 Å². The normalized spacial score (nSPS) is 11.6. The minimum Gasteiger partial charge on any atom is -0.256 e. The third-order valence-electron chi connectivity index (χ3n) is 7.72. The van der Waals surface area contributed by atoms with Crippen molar-refractivity contribution in [2.24, 2.45) is 0 Å². The molecule has 39 heavy (non-hydrogen) atoms. The molecule has 0 aliphatic carbocycles. The zero-order valence-electron chi connectivity index (χ0n) is 21.1. The highest BCUT2D eigenvalue weighted by Gasteiger charge is 2.16. The van der Waals surface area contributed by atoms with Gasteiger partial charge >= 0.3 is 0 Å². The molecule has 0 spiro atoms. The molecule has 8 rings (SSSR count). The second-order valence-electron chi connectivity index (χ2n) is 9.95. The summed E-state index contributed by atoms with van der Waals surface area (Å²) in [6.07, 6.45) is 2.04. The third-order valence-corrected chi connectivity index (χ3v) is 8.87. The molecule has 0 atom stereocenters. The quantitative estimate of drug-likeness (QED) is 0.214. The van der Waals surface area contributed by atoms with Gasteiger partial charge in [0.1, 0.15) is 0 Å². The van der Waals surface area contributed by atoms with E-state index in [4.69, 9.17) is 4.98 Å². The Labute approximate surface area is 230 Å². The molecule has 2 aromatic heterocycles. The summed E-state index contributed by atoms with van der Waals surface area (Å²) in [5, 5.41) is 7.62. The Balaban J connectivity index is 1.31. The number of aromatic nitrogens is 1. The second kappa shape index (κ2) is 8.90. The molecule has 0 amide bonds. The van der Waals surface area contributed by atoms with Crippen molar-refractivity contribution in [2.45, 2.75) is 0 Å². The van der Waals surface area contributed by atoms with E-state index in [0.29, 0.717) is 0 Å². The lowest BCUT2D eigenvalue weighted by molar-refractivity contribution is 1.33. The van der Waals surface area contributed by atoms with Crippen LogP contribution in [0.1, 0.15) is 0 Å². The fourth-order valence-electron chi connectivity index (χ4n) is 5.95. The second-order valence-corrected chi connectivity index (χ2v) is 11.0. The largest absolute Gasteiger partial charge is 0.256 e. The zero-order valence-corrected chi connectivity index (χ0v) is 22.0. The van der Waals surface area contributed by atoms with Gasteiger partial charge in [-0.1, -0.05) is 109 Å². The molecular weight excluding hydrogens is 490 g/mol. The number of benzene rings is 6. The van der Waals surface area contributed by atoms with Crippen LogP contribution >= 0.6 is 11.3 Å². The maximum Gasteiger partial charge on any atom is 0.0702 e. The van der Waals surface area contributed by atoms with Gasteiger partial charge in [-0.15, -0.1) is 11.3 Å². The van der Waals surface area contributed by atoms with Crippen LogP contribution in [-0.2, 0) is 0 Å². The molecule has 0 unspecified atom stereocenters. The van der Waals surface area contributed by atoms with E-state index in [9.17, 15) is 0 Å². The van der Waals surface area contributed by atoms with Crippen LogP contribution in [0, 0.1) is 0 Å². The minimum absolute atomic E-state index is 0.991. The summed E-state index contributed by atoms with van der Waals surface area (Å²) in [6, 6.07) is 48.0. The van der Waals surface area contributed by atoms with E-state index in [0.717, 1.165) is 16.8 Å². The SMILES string of the molecule is c1ccc(-c2c3ccccc3c(-c3ccc(-c4ccc5sc6ccccc6c5c4)nc3)c3ccccc23)cc1. The number of pyridine rings is 1. The average molecular weight is 514 g/mol. The highest BCUT2D eigenvalue weighted by atomic mass is 32.1. The third kappa shape index (κ3) is 3.57. The van der Waals surface area contributed by atoms with Gasteiger partial charge in [-0.25, -0.2) is 0 Å². The van der Waals surface area contributed by atoms with Gasteiger partial charge in [0.2, 0.25) is 0 Å². The van der Waals surface area contributed by atoms with Gasteiger partial charge in [-0.2, -0.15) is 0 Å². The number of thiophene rings is 1. The van der Waals surface area contributed by atoms with Crippen LogP contribution in [0.4, 0.5) is 0 Å². The Morgan fingerprint density at radius 1 is 0.385 bits per heavy atom. The van der Waals surface area contributed by atoms with E-state index in [2.05, 4.69) is 133 Å². The van der Waals surface area contributed by atoms with Crippen molar-refractivity contribution >= 4 is 53.1 Å². The number of rotatable bonds is 3. The summed E-state index contributed by atoms with van der Waals surface area (Å²) in [5.74, 6) is 0. The van der Waals surface area contributed by atoms with Crippen LogP contribution in [-0.4, -0.2) is 4.98 Å². The first-order chi connectivity index (χ1) is 19.3. The molecule has 0 bridgehead atoms. The Morgan fingerprint density at radius 3 is 1.56 bits per heavy atom. The molecule has 2 heterocycles. The van der Waals surface area contributed by atoms with Crippen LogP contribution in [0.2, 0.25) is 0 Å². The molecular formula is C37H23NS. The molecule has 0 N–H and O–H groups in total. The molecule has 0 fully saturated rings. The van der Waals surface area contributed by atoms with Crippen molar-refractivity contribution < 1.29 is 0 Å². The summed E-state index contributed by atoms with van der Waals surface area (Å²) >= 11 is 1.85. The van der Waals surface area contributed by atoms with Crippen LogP contribution in [0.15, 0.2) is 140 Å². The van der Waals surface area contributed by atoms with Crippen molar-refractivity contribution in [1.82, 2.24) is 4.98 Å².